The van der Waals surface area contributed by atoms with Gasteiger partial charge in [0, 0.05) is 5.02 Å². The summed E-state index contributed by atoms with van der Waals surface area (Å²) < 4.78 is 11.3. The number of carbonyl (C=O) groups excluding carboxylic acids is 1. The number of halogens is 1. The molecule has 0 aliphatic rings. The Bertz CT molecular complexity index is 949. The Balaban J connectivity index is 1.66. The van der Waals surface area contributed by atoms with Crippen LogP contribution in [0.1, 0.15) is 27.4 Å². The summed E-state index contributed by atoms with van der Waals surface area (Å²) >= 11 is 5.87. The van der Waals surface area contributed by atoms with Gasteiger partial charge >= 0.3 is 0 Å². The number of hydrogen-bond donors (Lipinski definition) is 2. The molecule has 0 atom stereocenters. The van der Waals surface area contributed by atoms with Crippen molar-refractivity contribution in [3.05, 3.63) is 76.2 Å². The molecule has 0 saturated carbocycles. The maximum atomic E-state index is 12.3. The van der Waals surface area contributed by atoms with Crippen molar-refractivity contribution in [2.45, 2.75) is 20.5 Å². The molecule has 6 heteroatoms. The lowest BCUT2D eigenvalue weighted by molar-refractivity contribution is 0.0992. The van der Waals surface area contributed by atoms with Gasteiger partial charge in [-0.05, 0) is 61.4 Å². The van der Waals surface area contributed by atoms with Gasteiger partial charge in [-0.2, -0.15) is 0 Å². The van der Waals surface area contributed by atoms with Crippen molar-refractivity contribution in [3.8, 4) is 11.5 Å². The standard InChI is InChI=1S/C20H18ClNO4/c1-12-3-4-13(2)19(9-12)25-11-15-6-8-18(26-15)20(24)22-16-10-14(21)5-7-17(16)23/h3-10,23H,11H2,1-2H3,(H,22,24). The van der Waals surface area contributed by atoms with Crippen LogP contribution in [0.4, 0.5) is 5.69 Å². The molecule has 26 heavy (non-hydrogen) atoms. The maximum Gasteiger partial charge on any atom is 0.291 e. The second-order valence-electron chi connectivity index (χ2n) is 5.94. The first-order chi connectivity index (χ1) is 12.4. The van der Waals surface area contributed by atoms with E-state index >= 15 is 0 Å². The van der Waals surface area contributed by atoms with Crippen molar-refractivity contribution in [1.29, 1.82) is 0 Å². The molecule has 1 heterocycles. The third kappa shape index (κ3) is 4.18. The molecule has 0 unspecified atom stereocenters. The van der Waals surface area contributed by atoms with E-state index in [0.29, 0.717) is 10.8 Å². The molecule has 0 radical (unpaired) electrons. The molecule has 1 aromatic heterocycles. The topological polar surface area (TPSA) is 71.7 Å². The van der Waals surface area contributed by atoms with Crippen molar-refractivity contribution in [2.24, 2.45) is 0 Å². The summed E-state index contributed by atoms with van der Waals surface area (Å²) in [6.45, 7) is 4.17. The van der Waals surface area contributed by atoms with E-state index in [0.717, 1.165) is 16.9 Å². The molecule has 0 aliphatic carbocycles. The van der Waals surface area contributed by atoms with Gasteiger partial charge in [-0.15, -0.1) is 0 Å². The van der Waals surface area contributed by atoms with E-state index in [4.69, 9.17) is 20.8 Å². The minimum absolute atomic E-state index is 0.0761. The molecule has 3 rings (SSSR count). The van der Waals surface area contributed by atoms with Crippen LogP contribution in [0, 0.1) is 13.8 Å². The van der Waals surface area contributed by atoms with Crippen molar-refractivity contribution >= 4 is 23.2 Å². The monoisotopic (exact) mass is 371 g/mol. The molecule has 0 bridgehead atoms. The number of hydrogen-bond acceptors (Lipinski definition) is 4. The van der Waals surface area contributed by atoms with Gasteiger partial charge in [0.1, 0.15) is 23.9 Å². The molecule has 2 aromatic carbocycles. The normalized spacial score (nSPS) is 10.6. The molecule has 0 aliphatic heterocycles. The Morgan fingerprint density at radius 1 is 1.15 bits per heavy atom. The molecular weight excluding hydrogens is 354 g/mol. The van der Waals surface area contributed by atoms with Crippen molar-refractivity contribution in [1.82, 2.24) is 0 Å². The number of phenolic OH excluding ortho intramolecular Hbond substituents is 1. The number of furan rings is 1. The fourth-order valence-electron chi connectivity index (χ4n) is 2.38. The second-order valence-corrected chi connectivity index (χ2v) is 6.38. The molecule has 2 N–H and O–H groups in total. The number of carbonyl (C=O) groups is 1. The molecule has 0 fully saturated rings. The summed E-state index contributed by atoms with van der Waals surface area (Å²) in [6, 6.07) is 13.6. The van der Waals surface area contributed by atoms with Gasteiger partial charge in [0.25, 0.3) is 5.91 Å². The van der Waals surface area contributed by atoms with Gasteiger partial charge in [-0.3, -0.25) is 4.79 Å². The van der Waals surface area contributed by atoms with E-state index < -0.39 is 5.91 Å². The summed E-state index contributed by atoms with van der Waals surface area (Å²) in [5.41, 5.74) is 2.34. The minimum Gasteiger partial charge on any atom is -0.506 e. The lowest BCUT2D eigenvalue weighted by atomic mass is 10.1. The molecule has 5 nitrogen and oxygen atoms in total. The zero-order valence-corrected chi connectivity index (χ0v) is 15.1. The van der Waals surface area contributed by atoms with Crippen LogP contribution < -0.4 is 10.1 Å². The third-order valence-electron chi connectivity index (χ3n) is 3.81. The smallest absolute Gasteiger partial charge is 0.291 e. The largest absolute Gasteiger partial charge is 0.506 e. The molecule has 3 aromatic rings. The van der Waals surface area contributed by atoms with Crippen molar-refractivity contribution < 1.29 is 19.1 Å². The van der Waals surface area contributed by atoms with Crippen LogP contribution in [0.5, 0.6) is 11.5 Å². The number of phenols is 1. The summed E-state index contributed by atoms with van der Waals surface area (Å²) in [7, 11) is 0. The van der Waals surface area contributed by atoms with Gasteiger partial charge in [0.2, 0.25) is 0 Å². The molecular formula is C20H18ClNO4. The second kappa shape index (κ2) is 7.54. The Morgan fingerprint density at radius 3 is 2.77 bits per heavy atom. The van der Waals surface area contributed by atoms with Gasteiger partial charge < -0.3 is 19.6 Å². The first-order valence-electron chi connectivity index (χ1n) is 8.01. The van der Waals surface area contributed by atoms with E-state index in [1.54, 1.807) is 12.1 Å². The highest BCUT2D eigenvalue weighted by Crippen LogP contribution is 2.27. The van der Waals surface area contributed by atoms with E-state index in [9.17, 15) is 9.90 Å². The number of amides is 1. The van der Waals surface area contributed by atoms with Crippen LogP contribution in [0.25, 0.3) is 0 Å². The Kier molecular flexibility index (Phi) is 5.19. The van der Waals surface area contributed by atoms with Crippen LogP contribution in [-0.4, -0.2) is 11.0 Å². The number of anilines is 1. The van der Waals surface area contributed by atoms with Gasteiger partial charge in [-0.1, -0.05) is 23.7 Å². The van der Waals surface area contributed by atoms with Crippen LogP contribution in [0.3, 0.4) is 0 Å². The predicted octanol–water partition coefficient (Wildman–Crippen LogP) is 5.09. The average Bonchev–Trinajstić information content (AvgIpc) is 3.08. The number of nitrogens with one attached hydrogen (secondary N) is 1. The highest BCUT2D eigenvalue weighted by Gasteiger charge is 2.14. The average molecular weight is 372 g/mol. The first kappa shape index (κ1) is 17.9. The van der Waals surface area contributed by atoms with Crippen molar-refractivity contribution in [2.75, 3.05) is 5.32 Å². The van der Waals surface area contributed by atoms with Crippen LogP contribution in [0.2, 0.25) is 5.02 Å². The minimum atomic E-state index is -0.486. The van der Waals surface area contributed by atoms with E-state index in [1.807, 2.05) is 32.0 Å². The summed E-state index contributed by atoms with van der Waals surface area (Å²) in [4.78, 5) is 12.3. The third-order valence-corrected chi connectivity index (χ3v) is 4.04. The highest BCUT2D eigenvalue weighted by atomic mass is 35.5. The SMILES string of the molecule is Cc1ccc(C)c(OCc2ccc(C(=O)Nc3cc(Cl)ccc3O)o2)c1. The maximum absolute atomic E-state index is 12.3. The number of benzene rings is 2. The van der Waals surface area contributed by atoms with Crippen LogP contribution in [0.15, 0.2) is 52.9 Å². The zero-order chi connectivity index (χ0) is 18.7. The van der Waals surface area contributed by atoms with Crippen molar-refractivity contribution in [3.63, 3.8) is 0 Å². The number of aryl methyl sites for hydroxylation is 2. The Morgan fingerprint density at radius 2 is 1.96 bits per heavy atom. The summed E-state index contributed by atoms with van der Waals surface area (Å²) in [5.74, 6) is 0.847. The summed E-state index contributed by atoms with van der Waals surface area (Å²) in [5, 5.41) is 12.7. The van der Waals surface area contributed by atoms with Crippen LogP contribution >= 0.6 is 11.6 Å². The Labute approximate surface area is 156 Å². The predicted molar refractivity (Wildman–Crippen MR) is 100 cm³/mol. The fourth-order valence-corrected chi connectivity index (χ4v) is 2.55. The molecule has 0 saturated heterocycles. The number of rotatable bonds is 5. The van der Waals surface area contributed by atoms with Gasteiger partial charge in [0.15, 0.2) is 5.76 Å². The fraction of sp³-hybridized carbons (Fsp3) is 0.150. The lowest BCUT2D eigenvalue weighted by Gasteiger charge is -2.08. The van der Waals surface area contributed by atoms with E-state index in [-0.39, 0.29) is 23.8 Å². The number of ether oxygens (including phenoxy) is 1. The zero-order valence-electron chi connectivity index (χ0n) is 14.4. The summed E-state index contributed by atoms with van der Waals surface area (Å²) in [6.07, 6.45) is 0. The highest BCUT2D eigenvalue weighted by molar-refractivity contribution is 6.31. The van der Waals surface area contributed by atoms with E-state index in [2.05, 4.69) is 5.32 Å². The molecule has 134 valence electrons. The quantitative estimate of drug-likeness (QED) is 0.613. The Hall–Kier alpha value is -2.92. The van der Waals surface area contributed by atoms with Gasteiger partial charge in [-0.25, -0.2) is 0 Å². The number of aromatic hydroxyl groups is 1. The van der Waals surface area contributed by atoms with Gasteiger partial charge in [0.05, 0.1) is 5.69 Å². The molecule has 1 amide bonds. The molecule has 0 spiro atoms. The van der Waals surface area contributed by atoms with Crippen LogP contribution in [-0.2, 0) is 6.61 Å². The first-order valence-corrected chi connectivity index (χ1v) is 8.39. The van der Waals surface area contributed by atoms with E-state index in [1.165, 1.54) is 18.2 Å². The lowest BCUT2D eigenvalue weighted by Crippen LogP contribution is -2.11.